The van der Waals surface area contributed by atoms with E-state index in [2.05, 4.69) is 0 Å². The molecule has 2 aromatic rings. The lowest BCUT2D eigenvalue weighted by atomic mass is 9.98. The molecule has 4 heteroatoms. The van der Waals surface area contributed by atoms with Crippen LogP contribution >= 0.6 is 0 Å². The molecule has 0 aromatic heterocycles. The number of hydrogen-bond donors (Lipinski definition) is 0. The molecule has 0 unspecified atom stereocenters. The average molecular weight is 311 g/mol. The zero-order valence-corrected chi connectivity index (χ0v) is 13.3. The molecule has 0 saturated heterocycles. The summed E-state index contributed by atoms with van der Waals surface area (Å²) in [7, 11) is 1.65. The van der Waals surface area contributed by atoms with Crippen molar-refractivity contribution >= 4 is 5.91 Å². The molecule has 0 N–H and O–H groups in total. The van der Waals surface area contributed by atoms with E-state index in [4.69, 9.17) is 9.47 Å². The Hall–Kier alpha value is -2.33. The number of fused-ring (bicyclic) bond motifs is 1. The van der Waals surface area contributed by atoms with Crippen molar-refractivity contribution in [3.8, 4) is 5.75 Å². The minimum absolute atomic E-state index is 0.0814. The lowest BCUT2D eigenvalue weighted by Crippen LogP contribution is -2.39. The quantitative estimate of drug-likeness (QED) is 0.823. The van der Waals surface area contributed by atoms with Gasteiger partial charge in [-0.05, 0) is 35.7 Å². The lowest BCUT2D eigenvalue weighted by Gasteiger charge is -2.28. The normalized spacial score (nSPS) is 13.8. The number of ether oxygens (including phenoxy) is 2. The van der Waals surface area contributed by atoms with E-state index in [1.54, 1.807) is 7.11 Å². The lowest BCUT2D eigenvalue weighted by molar-refractivity contribution is 0.0678. The highest BCUT2D eigenvalue weighted by Gasteiger charge is 2.24. The number of benzene rings is 2. The zero-order valence-electron chi connectivity index (χ0n) is 13.3. The molecule has 0 fully saturated rings. The maximum Gasteiger partial charge on any atom is 0.254 e. The Morgan fingerprint density at radius 2 is 1.96 bits per heavy atom. The van der Waals surface area contributed by atoms with Gasteiger partial charge in [0.2, 0.25) is 0 Å². The van der Waals surface area contributed by atoms with Crippen molar-refractivity contribution in [2.75, 3.05) is 26.8 Å². The smallest absolute Gasteiger partial charge is 0.254 e. The van der Waals surface area contributed by atoms with Crippen LogP contribution in [0.25, 0.3) is 0 Å². The van der Waals surface area contributed by atoms with Gasteiger partial charge in [-0.25, -0.2) is 0 Å². The van der Waals surface area contributed by atoms with Crippen molar-refractivity contribution in [2.45, 2.75) is 13.0 Å². The number of nitrogens with zero attached hydrogens (tertiary/aromatic N) is 1. The summed E-state index contributed by atoms with van der Waals surface area (Å²) < 4.78 is 10.9. The van der Waals surface area contributed by atoms with E-state index in [1.165, 1.54) is 0 Å². The summed E-state index contributed by atoms with van der Waals surface area (Å²) in [4.78, 5) is 14.3. The Morgan fingerprint density at radius 3 is 2.74 bits per heavy atom. The summed E-state index contributed by atoms with van der Waals surface area (Å²) in [5.41, 5.74) is 2.97. The van der Waals surface area contributed by atoms with Gasteiger partial charge in [-0.3, -0.25) is 4.79 Å². The first-order valence-corrected chi connectivity index (χ1v) is 7.86. The van der Waals surface area contributed by atoms with E-state index in [-0.39, 0.29) is 5.91 Å². The maximum absolute atomic E-state index is 12.4. The molecule has 1 heterocycles. The van der Waals surface area contributed by atoms with Crippen molar-refractivity contribution in [3.05, 3.63) is 65.2 Å². The Bertz CT molecular complexity index is 670. The summed E-state index contributed by atoms with van der Waals surface area (Å²) >= 11 is 0. The summed E-state index contributed by atoms with van der Waals surface area (Å²) in [5, 5.41) is 0. The first-order chi connectivity index (χ1) is 11.3. The van der Waals surface area contributed by atoms with Crippen LogP contribution in [0.5, 0.6) is 5.75 Å². The predicted molar refractivity (Wildman–Crippen MR) is 88.7 cm³/mol. The second kappa shape index (κ2) is 7.29. The molecule has 120 valence electrons. The molecule has 1 aliphatic rings. The van der Waals surface area contributed by atoms with E-state index < -0.39 is 0 Å². The molecule has 2 aromatic carbocycles. The van der Waals surface area contributed by atoms with E-state index in [1.807, 2.05) is 53.4 Å². The number of rotatable bonds is 6. The second-order valence-corrected chi connectivity index (χ2v) is 5.63. The average Bonchev–Trinajstić information content (AvgIpc) is 2.60. The van der Waals surface area contributed by atoms with Gasteiger partial charge < -0.3 is 14.4 Å². The van der Waals surface area contributed by atoms with Gasteiger partial charge in [0.1, 0.15) is 12.4 Å². The standard InChI is InChI=1S/C19H21NO3/c1-22-12-11-20-10-9-16-13-17(7-8-18(16)19(20)21)23-14-15-5-3-2-4-6-15/h2-8,13H,9-12,14H2,1H3. The monoisotopic (exact) mass is 311 g/mol. The van der Waals surface area contributed by atoms with E-state index in [0.29, 0.717) is 19.8 Å². The molecular formula is C19H21NO3. The number of carbonyl (C=O) groups excluding carboxylic acids is 1. The molecule has 3 rings (SSSR count). The number of amides is 1. The van der Waals surface area contributed by atoms with Gasteiger partial charge in [0.05, 0.1) is 6.61 Å². The second-order valence-electron chi connectivity index (χ2n) is 5.63. The Morgan fingerprint density at radius 1 is 1.13 bits per heavy atom. The summed E-state index contributed by atoms with van der Waals surface area (Å²) in [6.07, 6.45) is 0.854. The molecule has 0 atom stereocenters. The van der Waals surface area contributed by atoms with Crippen molar-refractivity contribution in [2.24, 2.45) is 0 Å². The minimum atomic E-state index is 0.0814. The third-order valence-corrected chi connectivity index (χ3v) is 4.06. The van der Waals surface area contributed by atoms with Gasteiger partial charge in [-0.1, -0.05) is 30.3 Å². The summed E-state index contributed by atoms with van der Waals surface area (Å²) in [5.74, 6) is 0.892. The molecule has 1 amide bonds. The molecule has 0 saturated carbocycles. The number of hydrogen-bond acceptors (Lipinski definition) is 3. The molecule has 0 radical (unpaired) electrons. The predicted octanol–water partition coefficient (Wildman–Crippen LogP) is 2.91. The van der Waals surface area contributed by atoms with Crippen molar-refractivity contribution < 1.29 is 14.3 Å². The highest BCUT2D eigenvalue weighted by Crippen LogP contribution is 2.24. The largest absolute Gasteiger partial charge is 0.489 e. The van der Waals surface area contributed by atoms with Crippen LogP contribution in [0.15, 0.2) is 48.5 Å². The van der Waals surface area contributed by atoms with E-state index in [9.17, 15) is 4.79 Å². The van der Waals surface area contributed by atoms with Gasteiger partial charge in [-0.2, -0.15) is 0 Å². The number of carbonyl (C=O) groups is 1. The summed E-state index contributed by atoms with van der Waals surface area (Å²) in [6.45, 7) is 2.48. The Labute approximate surface area is 136 Å². The van der Waals surface area contributed by atoms with Gasteiger partial charge in [0, 0.05) is 25.8 Å². The topological polar surface area (TPSA) is 38.8 Å². The van der Waals surface area contributed by atoms with Crippen molar-refractivity contribution in [1.82, 2.24) is 4.90 Å². The van der Waals surface area contributed by atoms with Crippen molar-refractivity contribution in [3.63, 3.8) is 0 Å². The van der Waals surface area contributed by atoms with Gasteiger partial charge in [0.25, 0.3) is 5.91 Å². The molecule has 4 nitrogen and oxygen atoms in total. The SMILES string of the molecule is COCCN1CCc2cc(OCc3ccccc3)ccc2C1=O. The van der Waals surface area contributed by atoms with Gasteiger partial charge in [0.15, 0.2) is 0 Å². The minimum Gasteiger partial charge on any atom is -0.489 e. The number of methoxy groups -OCH3 is 1. The fraction of sp³-hybridized carbons (Fsp3) is 0.316. The first-order valence-electron chi connectivity index (χ1n) is 7.86. The fourth-order valence-electron chi connectivity index (χ4n) is 2.76. The highest BCUT2D eigenvalue weighted by molar-refractivity contribution is 5.96. The third kappa shape index (κ3) is 3.71. The van der Waals surface area contributed by atoms with Crippen LogP contribution in [-0.4, -0.2) is 37.6 Å². The first kappa shape index (κ1) is 15.6. The van der Waals surface area contributed by atoms with Crippen LogP contribution in [0.2, 0.25) is 0 Å². The van der Waals surface area contributed by atoms with Gasteiger partial charge >= 0.3 is 0 Å². The van der Waals surface area contributed by atoms with Crippen LogP contribution < -0.4 is 4.74 Å². The van der Waals surface area contributed by atoms with Gasteiger partial charge in [-0.15, -0.1) is 0 Å². The molecule has 0 aliphatic carbocycles. The molecule has 0 bridgehead atoms. The van der Waals surface area contributed by atoms with Crippen molar-refractivity contribution in [1.29, 1.82) is 0 Å². The van der Waals surface area contributed by atoms with E-state index in [0.717, 1.165) is 35.4 Å². The fourth-order valence-corrected chi connectivity index (χ4v) is 2.76. The molecule has 1 aliphatic heterocycles. The molecular weight excluding hydrogens is 290 g/mol. The highest BCUT2D eigenvalue weighted by atomic mass is 16.5. The Balaban J connectivity index is 1.67. The maximum atomic E-state index is 12.4. The zero-order chi connectivity index (χ0) is 16.1. The summed E-state index contributed by atoms with van der Waals surface area (Å²) in [6, 6.07) is 15.8. The Kier molecular flexibility index (Phi) is 4.93. The molecule has 23 heavy (non-hydrogen) atoms. The van der Waals surface area contributed by atoms with Crippen LogP contribution in [-0.2, 0) is 17.8 Å². The third-order valence-electron chi connectivity index (χ3n) is 4.06. The van der Waals surface area contributed by atoms with Crippen LogP contribution in [0.4, 0.5) is 0 Å². The van der Waals surface area contributed by atoms with Crippen LogP contribution in [0, 0.1) is 0 Å². The molecule has 0 spiro atoms. The van der Waals surface area contributed by atoms with Crippen LogP contribution in [0.3, 0.4) is 0 Å². The van der Waals surface area contributed by atoms with E-state index >= 15 is 0 Å². The van der Waals surface area contributed by atoms with Crippen LogP contribution in [0.1, 0.15) is 21.5 Å².